The van der Waals surface area contributed by atoms with Gasteiger partial charge in [-0.05, 0) is 31.5 Å². The van der Waals surface area contributed by atoms with Crippen LogP contribution in [0.4, 0.5) is 0 Å². The van der Waals surface area contributed by atoms with E-state index in [1.165, 1.54) is 11.8 Å². The number of hydrogen-bond acceptors (Lipinski definition) is 5. The van der Waals surface area contributed by atoms with Crippen LogP contribution in [0.15, 0.2) is 35.5 Å². The molecule has 1 aromatic carbocycles. The van der Waals surface area contributed by atoms with Crippen LogP contribution in [0.3, 0.4) is 0 Å². The van der Waals surface area contributed by atoms with E-state index in [4.69, 9.17) is 16.3 Å². The molecule has 0 radical (unpaired) electrons. The number of hydrogen-bond donors (Lipinski definition) is 0. The first-order valence-electron chi connectivity index (χ1n) is 10.7. The Morgan fingerprint density at radius 2 is 1.66 bits per heavy atom. The van der Waals surface area contributed by atoms with Crippen molar-refractivity contribution in [3.05, 3.63) is 46.1 Å². The van der Waals surface area contributed by atoms with Crippen molar-refractivity contribution in [2.45, 2.75) is 33.1 Å². The molecule has 0 aromatic heterocycles. The molecule has 0 saturated carbocycles. The number of rotatable bonds is 5. The van der Waals surface area contributed by atoms with Gasteiger partial charge in [0.25, 0.3) is 0 Å². The van der Waals surface area contributed by atoms with E-state index < -0.39 is 11.9 Å². The van der Waals surface area contributed by atoms with E-state index in [2.05, 4.69) is 0 Å². The van der Waals surface area contributed by atoms with Crippen LogP contribution in [0.25, 0.3) is 0 Å². The maximum absolute atomic E-state index is 13.0. The van der Waals surface area contributed by atoms with Crippen molar-refractivity contribution in [2.75, 3.05) is 39.3 Å². The first kappa shape index (κ1) is 23.8. The van der Waals surface area contributed by atoms with Gasteiger partial charge < -0.3 is 19.4 Å². The second-order valence-corrected chi connectivity index (χ2v) is 8.33. The van der Waals surface area contributed by atoms with E-state index in [9.17, 15) is 19.2 Å². The van der Waals surface area contributed by atoms with Gasteiger partial charge in [0, 0.05) is 56.2 Å². The molecule has 9 heteroatoms. The zero-order chi connectivity index (χ0) is 23.4. The molecule has 0 spiro atoms. The Hall–Kier alpha value is -2.87. The predicted octanol–water partition coefficient (Wildman–Crippen LogP) is 2.18. The SMILES string of the molecule is CCOC(=O)C1=C(C)N(CC(=O)N2CCN(C(C)=O)CC2)C(=O)CC1c1ccc(Cl)cc1. The molecule has 1 fully saturated rings. The smallest absolute Gasteiger partial charge is 0.336 e. The largest absolute Gasteiger partial charge is 0.463 e. The number of benzene rings is 1. The van der Waals surface area contributed by atoms with Crippen molar-refractivity contribution in [1.82, 2.24) is 14.7 Å². The van der Waals surface area contributed by atoms with Gasteiger partial charge in [0.2, 0.25) is 17.7 Å². The molecule has 32 heavy (non-hydrogen) atoms. The Morgan fingerprint density at radius 3 is 2.22 bits per heavy atom. The first-order chi connectivity index (χ1) is 15.2. The van der Waals surface area contributed by atoms with E-state index in [-0.39, 0.29) is 37.3 Å². The summed E-state index contributed by atoms with van der Waals surface area (Å²) in [4.78, 5) is 55.0. The van der Waals surface area contributed by atoms with Crippen LogP contribution in [-0.4, -0.2) is 77.7 Å². The number of ether oxygens (including phenoxy) is 1. The van der Waals surface area contributed by atoms with E-state index in [0.717, 1.165) is 5.56 Å². The summed E-state index contributed by atoms with van der Waals surface area (Å²) in [5.41, 5.74) is 1.59. The fourth-order valence-corrected chi connectivity index (χ4v) is 4.29. The molecule has 3 rings (SSSR count). The molecule has 0 bridgehead atoms. The summed E-state index contributed by atoms with van der Waals surface area (Å²) in [6.45, 7) is 6.73. The highest BCUT2D eigenvalue weighted by Gasteiger charge is 2.38. The van der Waals surface area contributed by atoms with Gasteiger partial charge in [-0.15, -0.1) is 0 Å². The predicted molar refractivity (Wildman–Crippen MR) is 119 cm³/mol. The number of nitrogens with zero attached hydrogens (tertiary/aromatic N) is 3. The van der Waals surface area contributed by atoms with Gasteiger partial charge in [0.05, 0.1) is 12.2 Å². The summed E-state index contributed by atoms with van der Waals surface area (Å²) in [7, 11) is 0. The van der Waals surface area contributed by atoms with Gasteiger partial charge in [0.15, 0.2) is 0 Å². The van der Waals surface area contributed by atoms with E-state index in [0.29, 0.717) is 42.5 Å². The second-order valence-electron chi connectivity index (χ2n) is 7.89. The number of carbonyl (C=O) groups is 4. The Kier molecular flexibility index (Phi) is 7.56. The maximum atomic E-state index is 13.0. The molecule has 2 aliphatic rings. The fraction of sp³-hybridized carbons (Fsp3) is 0.478. The summed E-state index contributed by atoms with van der Waals surface area (Å²) in [6.07, 6.45) is 0.0541. The lowest BCUT2D eigenvalue weighted by Gasteiger charge is -2.37. The number of allylic oxidation sites excluding steroid dienone is 1. The molecule has 2 heterocycles. The van der Waals surface area contributed by atoms with E-state index in [1.807, 2.05) is 0 Å². The number of piperazine rings is 1. The van der Waals surface area contributed by atoms with Crippen LogP contribution in [0, 0.1) is 0 Å². The van der Waals surface area contributed by atoms with Gasteiger partial charge in [0.1, 0.15) is 6.54 Å². The van der Waals surface area contributed by atoms with Crippen LogP contribution < -0.4 is 0 Å². The van der Waals surface area contributed by atoms with Gasteiger partial charge >= 0.3 is 5.97 Å². The van der Waals surface area contributed by atoms with Gasteiger partial charge in [-0.25, -0.2) is 4.79 Å². The zero-order valence-corrected chi connectivity index (χ0v) is 19.4. The summed E-state index contributed by atoms with van der Waals surface area (Å²) < 4.78 is 5.27. The van der Waals surface area contributed by atoms with Gasteiger partial charge in [-0.2, -0.15) is 0 Å². The van der Waals surface area contributed by atoms with Gasteiger partial charge in [-0.1, -0.05) is 23.7 Å². The number of esters is 1. The maximum Gasteiger partial charge on any atom is 0.336 e. The average Bonchev–Trinajstić information content (AvgIpc) is 2.76. The summed E-state index contributed by atoms with van der Waals surface area (Å²) in [5.74, 6) is -1.43. The lowest BCUT2D eigenvalue weighted by atomic mass is 9.83. The highest BCUT2D eigenvalue weighted by molar-refractivity contribution is 6.30. The van der Waals surface area contributed by atoms with Crippen LogP contribution in [0.2, 0.25) is 5.02 Å². The third-order valence-electron chi connectivity index (χ3n) is 5.96. The molecule has 8 nitrogen and oxygen atoms in total. The highest BCUT2D eigenvalue weighted by Crippen LogP contribution is 2.37. The summed E-state index contributed by atoms with van der Waals surface area (Å²) in [6, 6.07) is 7.02. The van der Waals surface area contributed by atoms with Crippen molar-refractivity contribution >= 4 is 35.3 Å². The standard InChI is InChI=1S/C23H28ClN3O5/c1-4-32-23(31)22-15(2)27(14-21(30)26-11-9-25(10-12-26)16(3)28)20(29)13-19(22)17-5-7-18(24)8-6-17/h5-8,19H,4,9-14H2,1-3H3. The molecule has 0 N–H and O–H groups in total. The second kappa shape index (κ2) is 10.2. The minimum absolute atomic E-state index is 0.0191. The van der Waals surface area contributed by atoms with Crippen LogP contribution >= 0.6 is 11.6 Å². The fourth-order valence-electron chi connectivity index (χ4n) is 4.16. The van der Waals surface area contributed by atoms with E-state index >= 15 is 0 Å². The topological polar surface area (TPSA) is 87.2 Å². The lowest BCUT2D eigenvalue weighted by molar-refractivity contribution is -0.143. The first-order valence-corrected chi connectivity index (χ1v) is 11.1. The quantitative estimate of drug-likeness (QED) is 0.627. The summed E-state index contributed by atoms with van der Waals surface area (Å²) in [5, 5.41) is 0.561. The van der Waals surface area contributed by atoms with E-state index in [1.54, 1.807) is 47.9 Å². The van der Waals surface area contributed by atoms with Crippen LogP contribution in [0.1, 0.15) is 38.7 Å². The highest BCUT2D eigenvalue weighted by atomic mass is 35.5. The Bertz CT molecular complexity index is 935. The lowest BCUT2D eigenvalue weighted by Crippen LogP contribution is -2.53. The van der Waals surface area contributed by atoms with Crippen LogP contribution in [0.5, 0.6) is 0 Å². The molecular formula is C23H28ClN3O5. The zero-order valence-electron chi connectivity index (χ0n) is 18.6. The van der Waals surface area contributed by atoms with Crippen LogP contribution in [-0.2, 0) is 23.9 Å². The number of carbonyl (C=O) groups excluding carboxylic acids is 4. The molecule has 172 valence electrons. The molecular weight excluding hydrogens is 434 g/mol. The molecule has 1 aromatic rings. The summed E-state index contributed by atoms with van der Waals surface area (Å²) >= 11 is 5.99. The van der Waals surface area contributed by atoms with Crippen molar-refractivity contribution in [3.63, 3.8) is 0 Å². The van der Waals surface area contributed by atoms with Crippen molar-refractivity contribution < 1.29 is 23.9 Å². The molecule has 1 atom stereocenters. The average molecular weight is 462 g/mol. The number of halogens is 1. The van der Waals surface area contributed by atoms with Crippen molar-refractivity contribution in [1.29, 1.82) is 0 Å². The Labute approximate surface area is 192 Å². The minimum atomic E-state index is -0.495. The third kappa shape index (κ3) is 5.12. The molecule has 3 amide bonds. The van der Waals surface area contributed by atoms with Crippen molar-refractivity contribution in [2.24, 2.45) is 0 Å². The third-order valence-corrected chi connectivity index (χ3v) is 6.21. The Morgan fingerprint density at radius 1 is 1.06 bits per heavy atom. The molecule has 1 saturated heterocycles. The Balaban J connectivity index is 1.84. The molecule has 1 unspecified atom stereocenters. The minimum Gasteiger partial charge on any atom is -0.463 e. The molecule has 0 aliphatic carbocycles. The van der Waals surface area contributed by atoms with Crippen molar-refractivity contribution in [3.8, 4) is 0 Å². The normalized spacial score (nSPS) is 19.3. The molecule has 2 aliphatic heterocycles. The van der Waals surface area contributed by atoms with Gasteiger partial charge in [-0.3, -0.25) is 14.4 Å². The monoisotopic (exact) mass is 461 g/mol. The number of amides is 3.